The number of rotatable bonds is 6. The van der Waals surface area contributed by atoms with Crippen LogP contribution in [0.3, 0.4) is 0 Å². The van der Waals surface area contributed by atoms with Crippen LogP contribution in [-0.4, -0.2) is 31.8 Å². The molecule has 0 spiro atoms. The zero-order valence-electron chi connectivity index (χ0n) is 12.2. The van der Waals surface area contributed by atoms with Crippen molar-refractivity contribution >= 4 is 5.97 Å². The molecule has 0 radical (unpaired) electrons. The summed E-state index contributed by atoms with van der Waals surface area (Å²) in [6.07, 6.45) is 0. The van der Waals surface area contributed by atoms with Crippen LogP contribution in [0, 0.1) is 6.92 Å². The maximum absolute atomic E-state index is 10.4. The van der Waals surface area contributed by atoms with Gasteiger partial charge in [0.2, 0.25) is 0 Å². The van der Waals surface area contributed by atoms with E-state index in [4.69, 9.17) is 14.6 Å². The SMILES string of the molecule is CC.COc1cc(C)cc(OC)c1CNCC(=O)O. The molecular formula is C14H23NO4. The van der Waals surface area contributed by atoms with E-state index in [0.717, 1.165) is 11.1 Å². The van der Waals surface area contributed by atoms with Gasteiger partial charge in [0.05, 0.1) is 20.8 Å². The zero-order chi connectivity index (χ0) is 14.8. The summed E-state index contributed by atoms with van der Waals surface area (Å²) in [6.45, 7) is 6.23. The summed E-state index contributed by atoms with van der Waals surface area (Å²) in [5.41, 5.74) is 1.85. The smallest absolute Gasteiger partial charge is 0.317 e. The fraction of sp³-hybridized carbons (Fsp3) is 0.500. The molecule has 1 rings (SSSR count). The van der Waals surface area contributed by atoms with Gasteiger partial charge in [-0.05, 0) is 24.6 Å². The van der Waals surface area contributed by atoms with E-state index in [1.54, 1.807) is 14.2 Å². The van der Waals surface area contributed by atoms with Gasteiger partial charge in [-0.3, -0.25) is 4.79 Å². The van der Waals surface area contributed by atoms with Crippen molar-refractivity contribution in [2.45, 2.75) is 27.3 Å². The third-order valence-corrected chi connectivity index (χ3v) is 2.33. The van der Waals surface area contributed by atoms with Crippen LogP contribution in [-0.2, 0) is 11.3 Å². The van der Waals surface area contributed by atoms with Crippen molar-refractivity contribution in [1.82, 2.24) is 5.32 Å². The van der Waals surface area contributed by atoms with Crippen molar-refractivity contribution in [3.8, 4) is 11.5 Å². The molecule has 0 aliphatic heterocycles. The number of carbonyl (C=O) groups is 1. The molecule has 0 aliphatic carbocycles. The van der Waals surface area contributed by atoms with E-state index in [9.17, 15) is 4.79 Å². The molecule has 0 aliphatic rings. The Bertz CT molecular complexity index is 379. The first kappa shape index (κ1) is 17.2. The second kappa shape index (κ2) is 9.22. The van der Waals surface area contributed by atoms with Crippen LogP contribution in [0.2, 0.25) is 0 Å². The second-order valence-electron chi connectivity index (χ2n) is 3.65. The molecule has 0 unspecified atom stereocenters. The molecule has 0 fully saturated rings. The van der Waals surface area contributed by atoms with E-state index < -0.39 is 5.97 Å². The van der Waals surface area contributed by atoms with Gasteiger partial charge in [-0.1, -0.05) is 13.8 Å². The van der Waals surface area contributed by atoms with Crippen LogP contribution in [0.25, 0.3) is 0 Å². The number of carboxylic acid groups (broad SMARTS) is 1. The Morgan fingerprint density at radius 3 is 2.05 bits per heavy atom. The van der Waals surface area contributed by atoms with Crippen molar-refractivity contribution in [3.05, 3.63) is 23.3 Å². The molecule has 2 N–H and O–H groups in total. The average Bonchev–Trinajstić information content (AvgIpc) is 2.41. The Hall–Kier alpha value is -1.75. The van der Waals surface area contributed by atoms with Gasteiger partial charge in [0.1, 0.15) is 11.5 Å². The minimum atomic E-state index is -0.893. The topological polar surface area (TPSA) is 67.8 Å². The lowest BCUT2D eigenvalue weighted by Crippen LogP contribution is -2.22. The Labute approximate surface area is 114 Å². The predicted molar refractivity (Wildman–Crippen MR) is 75.0 cm³/mol. The van der Waals surface area contributed by atoms with Crippen molar-refractivity contribution in [1.29, 1.82) is 0 Å². The summed E-state index contributed by atoms with van der Waals surface area (Å²) in [7, 11) is 3.16. The zero-order valence-corrected chi connectivity index (χ0v) is 12.2. The minimum absolute atomic E-state index is 0.0970. The van der Waals surface area contributed by atoms with Gasteiger partial charge in [0, 0.05) is 12.1 Å². The van der Waals surface area contributed by atoms with Crippen molar-refractivity contribution in [2.24, 2.45) is 0 Å². The number of nitrogens with one attached hydrogen (secondary N) is 1. The number of aliphatic carboxylic acids is 1. The molecule has 0 amide bonds. The van der Waals surface area contributed by atoms with Crippen molar-refractivity contribution in [2.75, 3.05) is 20.8 Å². The number of hydrogen-bond acceptors (Lipinski definition) is 4. The van der Waals surface area contributed by atoms with Crippen LogP contribution in [0.4, 0.5) is 0 Å². The number of hydrogen-bond donors (Lipinski definition) is 2. The maximum atomic E-state index is 10.4. The number of benzene rings is 1. The average molecular weight is 269 g/mol. The van der Waals surface area contributed by atoms with Gasteiger partial charge in [-0.25, -0.2) is 0 Å². The quantitative estimate of drug-likeness (QED) is 0.828. The molecule has 0 heterocycles. The van der Waals surface area contributed by atoms with Crippen LogP contribution in [0.5, 0.6) is 11.5 Å². The van der Waals surface area contributed by atoms with E-state index in [0.29, 0.717) is 18.0 Å². The van der Waals surface area contributed by atoms with Gasteiger partial charge in [-0.2, -0.15) is 0 Å². The Morgan fingerprint density at radius 2 is 1.68 bits per heavy atom. The summed E-state index contributed by atoms with van der Waals surface area (Å²) in [5, 5.41) is 11.4. The largest absolute Gasteiger partial charge is 0.496 e. The van der Waals surface area contributed by atoms with Gasteiger partial charge in [-0.15, -0.1) is 0 Å². The van der Waals surface area contributed by atoms with Crippen LogP contribution in [0.15, 0.2) is 12.1 Å². The fourth-order valence-electron chi connectivity index (χ4n) is 1.58. The third-order valence-electron chi connectivity index (χ3n) is 2.33. The van der Waals surface area contributed by atoms with Gasteiger partial charge < -0.3 is 19.9 Å². The first-order valence-electron chi connectivity index (χ1n) is 6.22. The molecule has 0 bridgehead atoms. The van der Waals surface area contributed by atoms with Gasteiger partial charge >= 0.3 is 5.97 Å². The predicted octanol–water partition coefficient (Wildman–Crippen LogP) is 2.21. The molecule has 5 heteroatoms. The summed E-state index contributed by atoms with van der Waals surface area (Å²) in [4.78, 5) is 10.4. The van der Waals surface area contributed by atoms with E-state index >= 15 is 0 Å². The Balaban J connectivity index is 0.00000154. The second-order valence-corrected chi connectivity index (χ2v) is 3.65. The van der Waals surface area contributed by atoms with E-state index in [1.165, 1.54) is 0 Å². The number of carboxylic acids is 1. The van der Waals surface area contributed by atoms with Crippen molar-refractivity contribution < 1.29 is 19.4 Å². The van der Waals surface area contributed by atoms with Gasteiger partial charge in [0.15, 0.2) is 0 Å². The third kappa shape index (κ3) is 5.61. The van der Waals surface area contributed by atoms with Crippen LogP contribution in [0.1, 0.15) is 25.0 Å². The maximum Gasteiger partial charge on any atom is 0.317 e. The number of ether oxygens (including phenoxy) is 2. The molecule has 108 valence electrons. The lowest BCUT2D eigenvalue weighted by molar-refractivity contribution is -0.136. The summed E-state index contributed by atoms with van der Waals surface area (Å²) in [6, 6.07) is 3.78. The van der Waals surface area contributed by atoms with Crippen molar-refractivity contribution in [3.63, 3.8) is 0 Å². The highest BCUT2D eigenvalue weighted by Crippen LogP contribution is 2.30. The van der Waals surface area contributed by atoms with E-state index in [-0.39, 0.29) is 6.54 Å². The summed E-state index contributed by atoms with van der Waals surface area (Å²) in [5.74, 6) is 0.495. The summed E-state index contributed by atoms with van der Waals surface area (Å²) < 4.78 is 10.5. The standard InChI is InChI=1S/C12H17NO4.C2H6/c1-8-4-10(16-2)9(11(5-8)17-3)6-13-7-12(14)15;1-2/h4-5,13H,6-7H2,1-3H3,(H,14,15);1-2H3. The molecule has 5 nitrogen and oxygen atoms in total. The number of aryl methyl sites for hydroxylation is 1. The Kier molecular flexibility index (Phi) is 8.37. The molecule has 0 aromatic heterocycles. The van der Waals surface area contributed by atoms with E-state index in [1.807, 2.05) is 32.9 Å². The monoisotopic (exact) mass is 269 g/mol. The van der Waals surface area contributed by atoms with E-state index in [2.05, 4.69) is 5.32 Å². The highest BCUT2D eigenvalue weighted by Gasteiger charge is 2.11. The first-order chi connectivity index (χ1) is 9.08. The molecule has 19 heavy (non-hydrogen) atoms. The number of methoxy groups -OCH3 is 2. The molecule has 0 saturated heterocycles. The lowest BCUT2D eigenvalue weighted by Gasteiger charge is -2.14. The molecular weight excluding hydrogens is 246 g/mol. The lowest BCUT2D eigenvalue weighted by atomic mass is 10.1. The molecule has 0 atom stereocenters. The van der Waals surface area contributed by atoms with Gasteiger partial charge in [0.25, 0.3) is 0 Å². The van der Waals surface area contributed by atoms with Crippen LogP contribution < -0.4 is 14.8 Å². The first-order valence-corrected chi connectivity index (χ1v) is 6.22. The molecule has 1 aromatic carbocycles. The molecule has 0 saturated carbocycles. The summed E-state index contributed by atoms with van der Waals surface area (Å²) >= 11 is 0. The fourth-order valence-corrected chi connectivity index (χ4v) is 1.58. The Morgan fingerprint density at radius 1 is 1.21 bits per heavy atom. The van der Waals surface area contributed by atoms with Crippen LogP contribution >= 0.6 is 0 Å². The highest BCUT2D eigenvalue weighted by molar-refractivity contribution is 5.69. The highest BCUT2D eigenvalue weighted by atomic mass is 16.5. The minimum Gasteiger partial charge on any atom is -0.496 e. The molecule has 1 aromatic rings. The normalized spacial score (nSPS) is 9.32.